The Hall–Kier alpha value is -0.240. The molecule has 0 aliphatic rings. The van der Waals surface area contributed by atoms with E-state index in [-0.39, 0.29) is 0 Å². The molecule has 2 atom stereocenters. The van der Waals surface area contributed by atoms with Crippen molar-refractivity contribution in [3.8, 4) is 0 Å². The van der Waals surface area contributed by atoms with Gasteiger partial charge in [-0.05, 0) is 26.2 Å². The highest BCUT2D eigenvalue weighted by Gasteiger charge is 2.52. The highest BCUT2D eigenvalue weighted by atomic mass is 31.1. The third-order valence-electron chi connectivity index (χ3n) is 7.09. The van der Waals surface area contributed by atoms with Crippen LogP contribution in [0.3, 0.4) is 0 Å². The Kier molecular flexibility index (Phi) is 19.1. The first-order valence-corrected chi connectivity index (χ1v) is 14.6. The number of nitrogens with zero attached hydrogens (tertiary/aromatic N) is 1. The zero-order valence-corrected chi connectivity index (χ0v) is 22.7. The maximum Gasteiger partial charge on any atom is 0.376 e. The van der Waals surface area contributed by atoms with Gasteiger partial charge in [0.1, 0.15) is 0 Å². The molecule has 0 saturated carbocycles. The fraction of sp³-hybridized carbons (Fsp3) is 0.926. The van der Waals surface area contributed by atoms with Crippen molar-refractivity contribution in [3.63, 3.8) is 0 Å². The van der Waals surface area contributed by atoms with Crippen molar-refractivity contribution in [2.24, 2.45) is 0 Å². The first-order chi connectivity index (χ1) is 14.8. The van der Waals surface area contributed by atoms with Crippen LogP contribution < -0.4 is 4.89 Å². The van der Waals surface area contributed by atoms with E-state index in [9.17, 15) is 9.46 Å². The van der Waals surface area contributed by atoms with Gasteiger partial charge < -0.3 is 4.89 Å². The van der Waals surface area contributed by atoms with E-state index in [0.717, 1.165) is 12.8 Å². The lowest BCUT2D eigenvalue weighted by Crippen LogP contribution is -2.55. The number of unbranched alkanes of at least 4 members (excludes halogenated alkanes) is 16. The lowest BCUT2D eigenvalue weighted by Gasteiger charge is -2.39. The summed E-state index contributed by atoms with van der Waals surface area (Å²) in [5, 5.41) is -0.596. The minimum absolute atomic E-state index is 0.513. The maximum atomic E-state index is 11.9. The van der Waals surface area contributed by atoms with Crippen molar-refractivity contribution in [1.82, 2.24) is 0 Å². The molecule has 0 aromatic carbocycles. The molecule has 0 fully saturated rings. The SMILES string of the molecule is C/C=C\CCCCCCCCCCCCCCCCCCC(CC)([P+](=O)[O-])[N+](C)(C)C. The van der Waals surface area contributed by atoms with Crippen LogP contribution in [0.1, 0.15) is 136 Å². The molecule has 0 rings (SSSR count). The molecule has 0 aliphatic carbocycles. The zero-order chi connectivity index (χ0) is 23.4. The van der Waals surface area contributed by atoms with Crippen LogP contribution >= 0.6 is 8.03 Å². The summed E-state index contributed by atoms with van der Waals surface area (Å²) in [4.78, 5) is 11.9. The van der Waals surface area contributed by atoms with Gasteiger partial charge in [-0.1, -0.05) is 114 Å². The third-order valence-corrected chi connectivity index (χ3v) is 8.91. The van der Waals surface area contributed by atoms with E-state index in [1.165, 1.54) is 103 Å². The average molecular weight is 457 g/mol. The predicted molar refractivity (Wildman–Crippen MR) is 137 cm³/mol. The van der Waals surface area contributed by atoms with Crippen molar-refractivity contribution in [3.05, 3.63) is 12.2 Å². The van der Waals surface area contributed by atoms with Gasteiger partial charge in [-0.2, -0.15) is 0 Å². The average Bonchev–Trinajstić information content (AvgIpc) is 2.71. The molecule has 184 valence electrons. The highest BCUT2D eigenvalue weighted by molar-refractivity contribution is 7.38. The van der Waals surface area contributed by atoms with Crippen LogP contribution in [0.5, 0.6) is 0 Å². The fourth-order valence-electron chi connectivity index (χ4n) is 4.76. The van der Waals surface area contributed by atoms with Crippen molar-refractivity contribution in [1.29, 1.82) is 0 Å². The lowest BCUT2D eigenvalue weighted by molar-refractivity contribution is -0.910. The Morgan fingerprint density at radius 1 is 0.710 bits per heavy atom. The van der Waals surface area contributed by atoms with E-state index in [1.54, 1.807) is 0 Å². The van der Waals surface area contributed by atoms with Crippen molar-refractivity contribution >= 4 is 8.03 Å². The second-order valence-corrected chi connectivity index (χ2v) is 11.7. The van der Waals surface area contributed by atoms with Crippen molar-refractivity contribution in [2.75, 3.05) is 21.1 Å². The zero-order valence-electron chi connectivity index (χ0n) is 21.8. The molecule has 0 spiro atoms. The van der Waals surface area contributed by atoms with Gasteiger partial charge in [0.15, 0.2) is 0 Å². The molecule has 2 unspecified atom stereocenters. The fourth-order valence-corrected chi connectivity index (χ4v) is 5.85. The first kappa shape index (κ1) is 30.8. The molecule has 0 amide bonds. The second kappa shape index (κ2) is 19.2. The minimum atomic E-state index is -2.41. The first-order valence-electron chi connectivity index (χ1n) is 13.4. The molecule has 0 aromatic heterocycles. The number of hydrogen-bond acceptors (Lipinski definition) is 2. The molecule has 31 heavy (non-hydrogen) atoms. The van der Waals surface area contributed by atoms with E-state index < -0.39 is 13.3 Å². The van der Waals surface area contributed by atoms with Crippen LogP contribution in [0.25, 0.3) is 0 Å². The summed E-state index contributed by atoms with van der Waals surface area (Å²) in [6.07, 6.45) is 28.8. The summed E-state index contributed by atoms with van der Waals surface area (Å²) in [5.74, 6) is 0. The largest absolute Gasteiger partial charge is 0.590 e. The number of hydrogen-bond donors (Lipinski definition) is 0. The van der Waals surface area contributed by atoms with Gasteiger partial charge in [-0.25, -0.2) is 0 Å². The van der Waals surface area contributed by atoms with Crippen LogP contribution in [-0.4, -0.2) is 30.9 Å². The van der Waals surface area contributed by atoms with E-state index in [2.05, 4.69) is 19.1 Å². The molecule has 0 N–H and O–H groups in total. The standard InChI is InChI=1S/C27H55NO2P/c1-6-8-9-10-11-12-13-14-15-16-17-18-19-20-21-22-23-24-25-26-27(7-2,31(29)30)28(3,4)5/h6,8H,7,9-26H2,1-5H3/q+1/b8-6-. The summed E-state index contributed by atoms with van der Waals surface area (Å²) >= 11 is 0. The maximum absolute atomic E-state index is 11.9. The van der Waals surface area contributed by atoms with Gasteiger partial charge in [0.2, 0.25) is 0 Å². The molecule has 4 heteroatoms. The quantitative estimate of drug-likeness (QED) is 0.0709. The summed E-state index contributed by atoms with van der Waals surface area (Å²) in [6, 6.07) is 0. The van der Waals surface area contributed by atoms with Crippen LogP contribution in [0.15, 0.2) is 12.2 Å². The molecule has 0 aliphatic heterocycles. The minimum Gasteiger partial charge on any atom is -0.590 e. The van der Waals surface area contributed by atoms with Crippen LogP contribution in [0, 0.1) is 0 Å². The van der Waals surface area contributed by atoms with E-state index in [1.807, 2.05) is 28.1 Å². The molecule has 0 heterocycles. The molecule has 0 aromatic rings. The summed E-state index contributed by atoms with van der Waals surface area (Å²) in [6.45, 7) is 4.12. The number of rotatable bonds is 22. The summed E-state index contributed by atoms with van der Waals surface area (Å²) in [5.41, 5.74) is 0. The van der Waals surface area contributed by atoms with Crippen LogP contribution in [0.2, 0.25) is 0 Å². The Morgan fingerprint density at radius 3 is 1.35 bits per heavy atom. The second-order valence-electron chi connectivity index (χ2n) is 10.4. The summed E-state index contributed by atoms with van der Waals surface area (Å²) < 4.78 is 12.5. The van der Waals surface area contributed by atoms with E-state index in [4.69, 9.17) is 0 Å². The molecule has 0 saturated heterocycles. The predicted octanol–water partition coefficient (Wildman–Crippen LogP) is 8.50. The van der Waals surface area contributed by atoms with Gasteiger partial charge in [-0.3, -0.25) is 4.48 Å². The van der Waals surface area contributed by atoms with Gasteiger partial charge in [0, 0.05) is 12.8 Å². The number of allylic oxidation sites excluding steroid dienone is 2. The van der Waals surface area contributed by atoms with E-state index in [0.29, 0.717) is 10.9 Å². The highest BCUT2D eigenvalue weighted by Crippen LogP contribution is 2.44. The monoisotopic (exact) mass is 456 g/mol. The van der Waals surface area contributed by atoms with E-state index >= 15 is 0 Å². The van der Waals surface area contributed by atoms with Crippen LogP contribution in [-0.2, 0) is 4.57 Å². The molecule has 3 nitrogen and oxygen atoms in total. The Morgan fingerprint density at radius 2 is 1.06 bits per heavy atom. The lowest BCUT2D eigenvalue weighted by atomic mass is 10.0. The molecular weight excluding hydrogens is 401 g/mol. The normalized spacial score (nSPS) is 14.8. The van der Waals surface area contributed by atoms with Gasteiger partial charge in [-0.15, -0.1) is 0 Å². The molecular formula is C27H55NO2P+. The Labute approximate surface area is 196 Å². The molecule has 0 radical (unpaired) electrons. The van der Waals surface area contributed by atoms with Gasteiger partial charge in [0.25, 0.3) is 5.28 Å². The smallest absolute Gasteiger partial charge is 0.376 e. The number of quaternary nitrogens is 1. The van der Waals surface area contributed by atoms with Gasteiger partial charge in [0.05, 0.1) is 21.1 Å². The molecule has 0 bridgehead atoms. The van der Waals surface area contributed by atoms with Crippen molar-refractivity contribution < 1.29 is 13.9 Å². The Bertz CT molecular complexity index is 459. The topological polar surface area (TPSA) is 40.1 Å². The summed E-state index contributed by atoms with van der Waals surface area (Å²) in [7, 11) is 3.64. The third kappa shape index (κ3) is 14.5. The van der Waals surface area contributed by atoms with Gasteiger partial charge >= 0.3 is 8.03 Å². The van der Waals surface area contributed by atoms with Crippen molar-refractivity contribution in [2.45, 2.75) is 141 Å². The van der Waals surface area contributed by atoms with Crippen LogP contribution in [0.4, 0.5) is 0 Å². The Balaban J connectivity index is 3.48.